The van der Waals surface area contributed by atoms with Crippen LogP contribution < -0.4 is 15.6 Å². The summed E-state index contributed by atoms with van der Waals surface area (Å²) in [6, 6.07) is 0. The van der Waals surface area contributed by atoms with Crippen molar-refractivity contribution in [3.05, 3.63) is 15.3 Å². The highest BCUT2D eigenvalue weighted by molar-refractivity contribution is 7.81. The van der Waals surface area contributed by atoms with Gasteiger partial charge in [-0.25, -0.2) is 16.0 Å². The zero-order valence-corrected chi connectivity index (χ0v) is 14.9. The molecule has 0 bridgehead atoms. The van der Waals surface area contributed by atoms with Gasteiger partial charge in [-0.05, 0) is 24.3 Å². The standard InChI is InChI=1S/C14H26N3OS2/c1-7-15-17(16-8-2)14(19)13-12(18-6)10(4)11(5)20(13)9-3/h15-16H,7-9H2,1-6H3/q+1. The smallest absolute Gasteiger partial charge is 0.253 e. The third kappa shape index (κ3) is 3.31. The fourth-order valence-corrected chi connectivity index (χ4v) is 4.98. The van der Waals surface area contributed by atoms with Crippen LogP contribution in [0.3, 0.4) is 0 Å². The highest BCUT2D eigenvalue weighted by Gasteiger charge is 2.33. The van der Waals surface area contributed by atoms with E-state index in [-0.39, 0.29) is 10.5 Å². The molecule has 0 aromatic carbocycles. The minimum absolute atomic E-state index is 0.0367. The van der Waals surface area contributed by atoms with Crippen molar-refractivity contribution < 1.29 is 4.74 Å². The van der Waals surface area contributed by atoms with Crippen LogP contribution in [0.15, 0.2) is 0 Å². The molecular formula is C14H26N3OS2+. The van der Waals surface area contributed by atoms with E-state index < -0.39 is 0 Å². The van der Waals surface area contributed by atoms with Crippen molar-refractivity contribution in [1.82, 2.24) is 16.0 Å². The van der Waals surface area contributed by atoms with E-state index in [4.69, 9.17) is 17.0 Å². The summed E-state index contributed by atoms with van der Waals surface area (Å²) in [4.78, 5) is 3.31. The molecule has 114 valence electrons. The van der Waals surface area contributed by atoms with Crippen molar-refractivity contribution >= 4 is 27.7 Å². The van der Waals surface area contributed by atoms with Crippen molar-refractivity contribution in [1.29, 1.82) is 0 Å². The van der Waals surface area contributed by atoms with Gasteiger partial charge in [0.25, 0.3) is 4.88 Å². The number of methoxy groups -OCH3 is 1. The van der Waals surface area contributed by atoms with Crippen LogP contribution in [-0.2, 0) is 5.75 Å². The molecule has 1 aromatic heterocycles. The Morgan fingerprint density at radius 1 is 1.20 bits per heavy atom. The van der Waals surface area contributed by atoms with E-state index in [0.29, 0.717) is 0 Å². The summed E-state index contributed by atoms with van der Waals surface area (Å²) in [5.41, 5.74) is 7.74. The molecule has 2 N–H and O–H groups in total. The maximum Gasteiger partial charge on any atom is 0.253 e. The number of hydrogen-bond donors (Lipinski definition) is 2. The summed E-state index contributed by atoms with van der Waals surface area (Å²) >= 11 is 5.70. The predicted molar refractivity (Wildman–Crippen MR) is 91.5 cm³/mol. The molecule has 1 rings (SSSR count). The molecule has 4 nitrogen and oxygen atoms in total. The molecule has 0 fully saturated rings. The minimum Gasteiger partial charge on any atom is -0.491 e. The van der Waals surface area contributed by atoms with Gasteiger partial charge in [-0.1, -0.05) is 26.1 Å². The first-order chi connectivity index (χ1) is 9.53. The fraction of sp³-hybridized carbons (Fsp3) is 0.643. The van der Waals surface area contributed by atoms with Gasteiger partial charge in [-0.2, -0.15) is 0 Å². The molecule has 0 amide bonds. The topological polar surface area (TPSA) is 36.5 Å². The lowest BCUT2D eigenvalue weighted by atomic mass is 10.2. The van der Waals surface area contributed by atoms with Crippen molar-refractivity contribution in [3.63, 3.8) is 0 Å². The minimum atomic E-state index is 0.0367. The molecule has 0 radical (unpaired) electrons. The van der Waals surface area contributed by atoms with Gasteiger partial charge in [0.2, 0.25) is 0 Å². The first-order valence-corrected chi connectivity index (χ1v) is 8.81. The van der Waals surface area contributed by atoms with Gasteiger partial charge < -0.3 is 4.74 Å². The second-order valence-electron chi connectivity index (χ2n) is 4.39. The molecule has 0 aliphatic heterocycles. The Morgan fingerprint density at radius 3 is 2.15 bits per heavy atom. The SMILES string of the molecule is CCNN(NCC)C(=S)c1c(OC)c(C)c(C)[s+]1CC. The number of thiocarbonyl (C=S) groups is 1. The van der Waals surface area contributed by atoms with E-state index in [0.717, 1.165) is 34.5 Å². The fourth-order valence-electron chi connectivity index (χ4n) is 2.21. The number of rotatable bonds is 7. The molecule has 1 atom stereocenters. The summed E-state index contributed by atoms with van der Waals surface area (Å²) in [6.45, 7) is 12.2. The van der Waals surface area contributed by atoms with Gasteiger partial charge in [0.15, 0.2) is 15.6 Å². The molecule has 6 heteroatoms. The molecule has 0 spiro atoms. The molecule has 0 saturated heterocycles. The van der Waals surface area contributed by atoms with Gasteiger partial charge in [0.1, 0.15) is 5.75 Å². The lowest BCUT2D eigenvalue weighted by molar-refractivity contribution is 0.236. The van der Waals surface area contributed by atoms with Crippen molar-refractivity contribution in [3.8, 4) is 5.75 Å². The van der Waals surface area contributed by atoms with Crippen LogP contribution in [0.25, 0.3) is 0 Å². The van der Waals surface area contributed by atoms with E-state index in [2.05, 4.69) is 45.5 Å². The van der Waals surface area contributed by atoms with E-state index >= 15 is 0 Å². The molecule has 0 aliphatic rings. The normalized spacial score (nSPS) is 11.6. The molecule has 0 saturated carbocycles. The Balaban J connectivity index is 3.28. The second-order valence-corrected chi connectivity index (χ2v) is 7.15. The average Bonchev–Trinajstić information content (AvgIpc) is 2.69. The summed E-state index contributed by atoms with van der Waals surface area (Å²) in [6.07, 6.45) is 0. The zero-order valence-electron chi connectivity index (χ0n) is 13.3. The van der Waals surface area contributed by atoms with E-state index in [1.807, 2.05) is 5.12 Å². The summed E-state index contributed by atoms with van der Waals surface area (Å²) in [7, 11) is 1.76. The van der Waals surface area contributed by atoms with Gasteiger partial charge in [-0.3, -0.25) is 0 Å². The number of hydrazine groups is 2. The largest absolute Gasteiger partial charge is 0.491 e. The van der Waals surface area contributed by atoms with Gasteiger partial charge >= 0.3 is 0 Å². The highest BCUT2D eigenvalue weighted by Crippen LogP contribution is 2.43. The third-order valence-electron chi connectivity index (χ3n) is 3.21. The molecule has 1 aromatic rings. The summed E-state index contributed by atoms with van der Waals surface area (Å²) in [5.74, 6) is 2.00. The molecule has 1 heterocycles. The van der Waals surface area contributed by atoms with Crippen LogP contribution in [0.2, 0.25) is 0 Å². The van der Waals surface area contributed by atoms with Crippen LogP contribution in [-0.4, -0.2) is 30.3 Å². The Hall–Kier alpha value is -0.690. The zero-order chi connectivity index (χ0) is 15.3. The van der Waals surface area contributed by atoms with E-state index in [9.17, 15) is 0 Å². The van der Waals surface area contributed by atoms with Crippen LogP contribution >= 0.6 is 22.7 Å². The lowest BCUT2D eigenvalue weighted by Gasteiger charge is -2.23. The third-order valence-corrected chi connectivity index (χ3v) is 6.22. The maximum atomic E-state index is 5.70. The quantitative estimate of drug-likeness (QED) is 0.459. The Bertz CT molecular complexity index is 438. The molecule has 20 heavy (non-hydrogen) atoms. The van der Waals surface area contributed by atoms with Crippen molar-refractivity contribution in [2.24, 2.45) is 0 Å². The summed E-state index contributed by atoms with van der Waals surface area (Å²) in [5, 5.41) is 1.85. The number of thiophene rings is 1. The van der Waals surface area contributed by atoms with Crippen LogP contribution in [0.4, 0.5) is 0 Å². The van der Waals surface area contributed by atoms with Crippen molar-refractivity contribution in [2.45, 2.75) is 40.4 Å². The first kappa shape index (κ1) is 17.4. The van der Waals surface area contributed by atoms with Crippen molar-refractivity contribution in [2.75, 3.05) is 20.2 Å². The summed E-state index contributed by atoms with van der Waals surface area (Å²) < 4.78 is 5.63. The van der Waals surface area contributed by atoms with Gasteiger partial charge in [0, 0.05) is 20.0 Å². The first-order valence-electron chi connectivity index (χ1n) is 7.01. The highest BCUT2D eigenvalue weighted by atomic mass is 32.2. The number of hydrogen-bond acceptors (Lipinski definition) is 4. The molecular weight excluding hydrogens is 290 g/mol. The number of nitrogens with zero attached hydrogens (tertiary/aromatic N) is 1. The maximum absolute atomic E-state index is 5.70. The van der Waals surface area contributed by atoms with Gasteiger partial charge in [-0.15, -0.1) is 0 Å². The van der Waals surface area contributed by atoms with E-state index in [1.54, 1.807) is 7.11 Å². The number of nitrogens with one attached hydrogen (secondary N) is 2. The Kier molecular flexibility index (Phi) is 6.88. The number of ether oxygens (including phenoxy) is 1. The Labute approximate surface area is 130 Å². The molecule has 1 unspecified atom stereocenters. The second kappa shape index (κ2) is 7.93. The van der Waals surface area contributed by atoms with Crippen LogP contribution in [0.1, 0.15) is 36.1 Å². The predicted octanol–water partition coefficient (Wildman–Crippen LogP) is 3.11. The van der Waals surface area contributed by atoms with Crippen LogP contribution in [0.5, 0.6) is 5.75 Å². The van der Waals surface area contributed by atoms with Gasteiger partial charge in [0.05, 0.1) is 12.7 Å². The Morgan fingerprint density at radius 2 is 1.75 bits per heavy atom. The van der Waals surface area contributed by atoms with E-state index in [1.165, 1.54) is 10.4 Å². The lowest BCUT2D eigenvalue weighted by Crippen LogP contribution is -2.51. The monoisotopic (exact) mass is 316 g/mol. The average molecular weight is 317 g/mol. The molecule has 0 aliphatic carbocycles. The van der Waals surface area contributed by atoms with Crippen LogP contribution in [0, 0.1) is 13.8 Å².